The molecule has 3 aromatic rings. The van der Waals surface area contributed by atoms with Gasteiger partial charge in [0.05, 0.1) is 5.41 Å². The first-order valence-corrected chi connectivity index (χ1v) is 12.1. The first kappa shape index (κ1) is 22.0. The zero-order chi connectivity index (χ0) is 22.6. The van der Waals surface area contributed by atoms with Crippen molar-refractivity contribution in [3.63, 3.8) is 0 Å². The minimum Gasteiger partial charge on any atom is -0.426 e. The van der Waals surface area contributed by atoms with Crippen LogP contribution in [0.2, 0.25) is 0 Å². The first-order valence-electron chi connectivity index (χ1n) is 10.6. The van der Waals surface area contributed by atoms with Crippen LogP contribution in [0.15, 0.2) is 84.3 Å². The highest BCUT2D eigenvalue weighted by molar-refractivity contribution is 7.92. The molecule has 6 heteroatoms. The van der Waals surface area contributed by atoms with E-state index in [1.54, 1.807) is 12.1 Å². The number of carbonyl (C=O) groups is 1. The standard InChI is InChI=1S/C26H25NO4S/c1-19(28)31-26-17-9-14-22-23(26)15-8-16-25(22)27-32(29,30)18-24(20-10-4-2-5-11-20)21-12-6-3-7-13-21/h2-7,9-14,17-18,25,27H,8,15-16H2,1H3. The van der Waals surface area contributed by atoms with Crippen molar-refractivity contribution in [1.82, 2.24) is 4.72 Å². The molecule has 0 bridgehead atoms. The highest BCUT2D eigenvalue weighted by atomic mass is 32.2. The summed E-state index contributed by atoms with van der Waals surface area (Å²) in [7, 11) is -3.78. The Morgan fingerprint density at radius 1 is 0.938 bits per heavy atom. The van der Waals surface area contributed by atoms with Gasteiger partial charge in [0.25, 0.3) is 0 Å². The highest BCUT2D eigenvalue weighted by Crippen LogP contribution is 2.36. The summed E-state index contributed by atoms with van der Waals surface area (Å²) in [6.07, 6.45) is 2.22. The van der Waals surface area contributed by atoms with Crippen molar-refractivity contribution >= 4 is 21.6 Å². The summed E-state index contributed by atoms with van der Waals surface area (Å²) in [5.74, 6) is 0.114. The van der Waals surface area contributed by atoms with Gasteiger partial charge in [0, 0.05) is 18.5 Å². The molecule has 1 unspecified atom stereocenters. The van der Waals surface area contributed by atoms with Gasteiger partial charge in [-0.3, -0.25) is 4.79 Å². The predicted molar refractivity (Wildman–Crippen MR) is 125 cm³/mol. The summed E-state index contributed by atoms with van der Waals surface area (Å²) in [4.78, 5) is 11.5. The van der Waals surface area contributed by atoms with Gasteiger partial charge in [-0.1, -0.05) is 72.8 Å². The molecular formula is C26H25NO4S. The summed E-state index contributed by atoms with van der Waals surface area (Å²) in [6, 6.07) is 24.0. The SMILES string of the molecule is CC(=O)Oc1cccc2c1CCCC2NS(=O)(=O)C=C(c1ccccc1)c1ccccc1. The topological polar surface area (TPSA) is 72.5 Å². The van der Waals surface area contributed by atoms with Crippen LogP contribution in [0.4, 0.5) is 0 Å². The second kappa shape index (κ2) is 9.51. The van der Waals surface area contributed by atoms with Crippen LogP contribution in [0, 0.1) is 0 Å². The largest absolute Gasteiger partial charge is 0.426 e. The van der Waals surface area contributed by atoms with Gasteiger partial charge >= 0.3 is 5.97 Å². The fourth-order valence-electron chi connectivity index (χ4n) is 4.11. The quantitative estimate of drug-likeness (QED) is 0.426. The molecule has 164 valence electrons. The van der Waals surface area contributed by atoms with Crippen LogP contribution in [0.3, 0.4) is 0 Å². The normalized spacial score (nSPS) is 15.5. The van der Waals surface area contributed by atoms with Gasteiger partial charge in [0.2, 0.25) is 10.0 Å². The Kier molecular flexibility index (Phi) is 6.53. The second-order valence-corrected chi connectivity index (χ2v) is 9.35. The summed E-state index contributed by atoms with van der Waals surface area (Å²) >= 11 is 0. The lowest BCUT2D eigenvalue weighted by molar-refractivity contribution is -0.131. The fourth-order valence-corrected chi connectivity index (χ4v) is 5.41. The van der Waals surface area contributed by atoms with Crippen molar-refractivity contribution in [3.05, 3.63) is 107 Å². The van der Waals surface area contributed by atoms with Crippen LogP contribution in [0.25, 0.3) is 5.57 Å². The van der Waals surface area contributed by atoms with Crippen LogP contribution in [-0.2, 0) is 21.2 Å². The number of hydrogen-bond acceptors (Lipinski definition) is 4. The molecule has 0 saturated carbocycles. The Bertz CT molecular complexity index is 1190. The van der Waals surface area contributed by atoms with Crippen LogP contribution >= 0.6 is 0 Å². The van der Waals surface area contributed by atoms with Gasteiger partial charge in [-0.15, -0.1) is 0 Å². The number of sulfonamides is 1. The van der Waals surface area contributed by atoms with Gasteiger partial charge in [-0.2, -0.15) is 0 Å². The van der Waals surface area contributed by atoms with E-state index in [2.05, 4.69) is 4.72 Å². The van der Waals surface area contributed by atoms with E-state index in [0.717, 1.165) is 35.1 Å². The molecule has 4 rings (SSSR count). The molecule has 0 saturated heterocycles. The fraction of sp³-hybridized carbons (Fsp3) is 0.192. The van der Waals surface area contributed by atoms with Crippen molar-refractivity contribution in [1.29, 1.82) is 0 Å². The van der Waals surface area contributed by atoms with Crippen molar-refractivity contribution in [2.75, 3.05) is 0 Å². The number of benzene rings is 3. The Morgan fingerprint density at radius 3 is 2.16 bits per heavy atom. The lowest BCUT2D eigenvalue weighted by Gasteiger charge is -2.27. The monoisotopic (exact) mass is 447 g/mol. The molecule has 1 aliphatic rings. The number of ether oxygens (including phenoxy) is 1. The highest BCUT2D eigenvalue weighted by Gasteiger charge is 2.26. The van der Waals surface area contributed by atoms with Gasteiger partial charge in [0.15, 0.2) is 0 Å². The molecule has 3 aromatic carbocycles. The van der Waals surface area contributed by atoms with Crippen molar-refractivity contribution < 1.29 is 17.9 Å². The van der Waals surface area contributed by atoms with E-state index in [0.29, 0.717) is 17.7 Å². The average Bonchev–Trinajstić information content (AvgIpc) is 2.79. The van der Waals surface area contributed by atoms with Gasteiger partial charge in [0.1, 0.15) is 5.75 Å². The summed E-state index contributed by atoms with van der Waals surface area (Å²) < 4.78 is 34.7. The second-order valence-electron chi connectivity index (χ2n) is 7.79. The van der Waals surface area contributed by atoms with Gasteiger partial charge < -0.3 is 4.74 Å². The molecule has 5 nitrogen and oxygen atoms in total. The lowest BCUT2D eigenvalue weighted by Crippen LogP contribution is -2.30. The smallest absolute Gasteiger partial charge is 0.308 e. The third kappa shape index (κ3) is 5.15. The van der Waals surface area contributed by atoms with Crippen molar-refractivity contribution in [2.24, 2.45) is 0 Å². The Labute approximate surface area is 188 Å². The third-order valence-corrected chi connectivity index (χ3v) is 6.63. The van der Waals surface area contributed by atoms with E-state index in [1.807, 2.05) is 66.7 Å². The Hall–Kier alpha value is -3.22. The number of nitrogens with one attached hydrogen (secondary N) is 1. The molecule has 1 N–H and O–H groups in total. The maximum Gasteiger partial charge on any atom is 0.308 e. The number of esters is 1. The maximum absolute atomic E-state index is 13.3. The minimum absolute atomic E-state index is 0.386. The van der Waals surface area contributed by atoms with Crippen LogP contribution in [0.5, 0.6) is 5.75 Å². The third-order valence-electron chi connectivity index (χ3n) is 5.47. The first-order chi connectivity index (χ1) is 15.4. The zero-order valence-corrected chi connectivity index (χ0v) is 18.6. The minimum atomic E-state index is -3.78. The zero-order valence-electron chi connectivity index (χ0n) is 17.8. The lowest BCUT2D eigenvalue weighted by atomic mass is 9.87. The molecule has 0 fully saturated rings. The number of rotatable bonds is 6. The predicted octanol–water partition coefficient (Wildman–Crippen LogP) is 5.00. The summed E-state index contributed by atoms with van der Waals surface area (Å²) in [6.45, 7) is 1.36. The molecule has 0 aromatic heterocycles. The van der Waals surface area contributed by atoms with E-state index in [9.17, 15) is 13.2 Å². The van der Waals surface area contributed by atoms with E-state index >= 15 is 0 Å². The van der Waals surface area contributed by atoms with Crippen LogP contribution in [-0.4, -0.2) is 14.4 Å². The van der Waals surface area contributed by atoms with Crippen molar-refractivity contribution in [2.45, 2.75) is 32.2 Å². The maximum atomic E-state index is 13.3. The molecule has 1 aliphatic carbocycles. The summed E-state index contributed by atoms with van der Waals surface area (Å²) in [5, 5.41) is 1.31. The van der Waals surface area contributed by atoms with Crippen LogP contribution in [0.1, 0.15) is 48.1 Å². The molecule has 0 spiro atoms. The molecule has 1 atom stereocenters. The number of hydrogen-bond donors (Lipinski definition) is 1. The number of carbonyl (C=O) groups excluding carboxylic acids is 1. The molecule has 0 radical (unpaired) electrons. The van der Waals surface area contributed by atoms with E-state index in [1.165, 1.54) is 12.3 Å². The summed E-state index contributed by atoms with van der Waals surface area (Å²) in [5.41, 5.74) is 4.02. The molecule has 0 heterocycles. The van der Waals surface area contributed by atoms with E-state index in [-0.39, 0.29) is 12.0 Å². The Morgan fingerprint density at radius 2 is 1.56 bits per heavy atom. The molecule has 0 aliphatic heterocycles. The van der Waals surface area contributed by atoms with Crippen molar-refractivity contribution in [3.8, 4) is 5.75 Å². The van der Waals surface area contributed by atoms with E-state index in [4.69, 9.17) is 4.74 Å². The Balaban J connectivity index is 1.69. The molecule has 32 heavy (non-hydrogen) atoms. The molecule has 0 amide bonds. The average molecular weight is 448 g/mol. The van der Waals surface area contributed by atoms with E-state index < -0.39 is 10.0 Å². The van der Waals surface area contributed by atoms with Gasteiger partial charge in [-0.05, 0) is 47.6 Å². The van der Waals surface area contributed by atoms with Crippen LogP contribution < -0.4 is 9.46 Å². The van der Waals surface area contributed by atoms with Gasteiger partial charge in [-0.25, -0.2) is 13.1 Å². The number of fused-ring (bicyclic) bond motifs is 1. The molecular weight excluding hydrogens is 422 g/mol.